The van der Waals surface area contributed by atoms with Crippen molar-refractivity contribution in [2.45, 2.75) is 25.4 Å². The smallest absolute Gasteiger partial charge is 0.315 e. The van der Waals surface area contributed by atoms with E-state index in [4.69, 9.17) is 16.3 Å². The number of carbonyl (C=O) groups is 1. The fourth-order valence-corrected chi connectivity index (χ4v) is 2.82. The molecule has 2 amide bonds. The fraction of sp³-hybridized carbons (Fsp3) is 0.316. The fourth-order valence-electron chi connectivity index (χ4n) is 2.69. The van der Waals surface area contributed by atoms with E-state index in [2.05, 4.69) is 10.6 Å². The quantitative estimate of drug-likeness (QED) is 0.820. The summed E-state index contributed by atoms with van der Waals surface area (Å²) in [6.45, 7) is 0.480. The van der Waals surface area contributed by atoms with Crippen LogP contribution >= 0.6 is 11.6 Å². The van der Waals surface area contributed by atoms with Gasteiger partial charge in [-0.2, -0.15) is 0 Å². The van der Waals surface area contributed by atoms with Crippen LogP contribution in [0.5, 0.6) is 5.75 Å². The summed E-state index contributed by atoms with van der Waals surface area (Å²) in [6, 6.07) is 15.2. The molecule has 1 aliphatic carbocycles. The Hall–Kier alpha value is -2.20. The van der Waals surface area contributed by atoms with Gasteiger partial charge in [-0.3, -0.25) is 0 Å². The van der Waals surface area contributed by atoms with Crippen LogP contribution in [0.3, 0.4) is 0 Å². The zero-order valence-electron chi connectivity index (χ0n) is 13.6. The molecule has 0 aliphatic heterocycles. The normalized spacial score (nSPS) is 14.8. The van der Waals surface area contributed by atoms with Gasteiger partial charge in [0.1, 0.15) is 5.75 Å². The van der Waals surface area contributed by atoms with E-state index in [-0.39, 0.29) is 12.1 Å². The van der Waals surface area contributed by atoms with Gasteiger partial charge >= 0.3 is 6.03 Å². The lowest BCUT2D eigenvalue weighted by Gasteiger charge is -2.19. The highest BCUT2D eigenvalue weighted by Gasteiger charge is 2.33. The van der Waals surface area contributed by atoms with Gasteiger partial charge in [0.2, 0.25) is 0 Å². The molecule has 0 bridgehead atoms. The highest BCUT2D eigenvalue weighted by Crippen LogP contribution is 2.41. The molecule has 2 aromatic rings. The lowest BCUT2D eigenvalue weighted by Crippen LogP contribution is -2.38. The maximum absolute atomic E-state index is 12.2. The van der Waals surface area contributed by atoms with Gasteiger partial charge in [-0.25, -0.2) is 4.79 Å². The van der Waals surface area contributed by atoms with Gasteiger partial charge in [-0.15, -0.1) is 0 Å². The molecule has 3 rings (SSSR count). The summed E-state index contributed by atoms with van der Waals surface area (Å²) in [5.41, 5.74) is 2.13. The van der Waals surface area contributed by atoms with Crippen LogP contribution in [0.2, 0.25) is 5.02 Å². The molecule has 1 unspecified atom stereocenters. The van der Waals surface area contributed by atoms with Crippen LogP contribution in [0, 0.1) is 5.92 Å². The third-order valence-corrected chi connectivity index (χ3v) is 4.47. The van der Waals surface area contributed by atoms with Crippen LogP contribution in [-0.2, 0) is 6.54 Å². The second kappa shape index (κ2) is 7.58. The van der Waals surface area contributed by atoms with Gasteiger partial charge in [-0.1, -0.05) is 35.9 Å². The molecule has 0 heterocycles. The van der Waals surface area contributed by atoms with E-state index >= 15 is 0 Å². The summed E-state index contributed by atoms with van der Waals surface area (Å²) in [7, 11) is 1.63. The van der Waals surface area contributed by atoms with Crippen molar-refractivity contribution in [3.8, 4) is 5.75 Å². The van der Waals surface area contributed by atoms with E-state index in [1.165, 1.54) is 0 Å². The number of amides is 2. The SMILES string of the molecule is COc1ccc(CNC(=O)NC(c2ccc(Cl)cc2)C2CC2)cc1. The molecule has 0 aromatic heterocycles. The number of hydrogen-bond donors (Lipinski definition) is 2. The Morgan fingerprint density at radius 1 is 1.17 bits per heavy atom. The summed E-state index contributed by atoms with van der Waals surface area (Å²) < 4.78 is 5.13. The van der Waals surface area contributed by atoms with Crippen LogP contribution in [-0.4, -0.2) is 13.1 Å². The Balaban J connectivity index is 1.56. The van der Waals surface area contributed by atoms with Gasteiger partial charge in [0.15, 0.2) is 0 Å². The largest absolute Gasteiger partial charge is 0.497 e. The van der Waals surface area contributed by atoms with Crippen molar-refractivity contribution in [2.24, 2.45) is 5.92 Å². The number of methoxy groups -OCH3 is 1. The minimum absolute atomic E-state index is 0.0399. The van der Waals surface area contributed by atoms with Crippen LogP contribution in [0.1, 0.15) is 30.0 Å². The van der Waals surface area contributed by atoms with E-state index in [0.717, 1.165) is 29.7 Å². The van der Waals surface area contributed by atoms with E-state index in [1.807, 2.05) is 48.5 Å². The summed E-state index contributed by atoms with van der Waals surface area (Å²) in [6.07, 6.45) is 2.29. The average molecular weight is 345 g/mol. The summed E-state index contributed by atoms with van der Waals surface area (Å²) in [4.78, 5) is 12.2. The Morgan fingerprint density at radius 2 is 1.83 bits per heavy atom. The molecule has 24 heavy (non-hydrogen) atoms. The predicted octanol–water partition coefficient (Wildman–Crippen LogP) is 4.30. The molecule has 4 nitrogen and oxygen atoms in total. The van der Waals surface area contributed by atoms with Crippen molar-refractivity contribution < 1.29 is 9.53 Å². The lowest BCUT2D eigenvalue weighted by molar-refractivity contribution is 0.235. The molecular weight excluding hydrogens is 324 g/mol. The molecule has 1 saturated carbocycles. The number of benzene rings is 2. The van der Waals surface area contributed by atoms with Crippen molar-refractivity contribution in [2.75, 3.05) is 7.11 Å². The van der Waals surface area contributed by atoms with E-state index in [0.29, 0.717) is 17.5 Å². The Morgan fingerprint density at radius 3 is 2.42 bits per heavy atom. The third-order valence-electron chi connectivity index (χ3n) is 4.22. The van der Waals surface area contributed by atoms with E-state index in [9.17, 15) is 4.79 Å². The predicted molar refractivity (Wildman–Crippen MR) is 95.3 cm³/mol. The number of hydrogen-bond acceptors (Lipinski definition) is 2. The van der Waals surface area contributed by atoms with Crippen molar-refractivity contribution >= 4 is 17.6 Å². The number of nitrogens with one attached hydrogen (secondary N) is 2. The van der Waals surface area contributed by atoms with Gasteiger partial charge in [-0.05, 0) is 54.2 Å². The van der Waals surface area contributed by atoms with Gasteiger partial charge in [0.05, 0.1) is 13.2 Å². The summed E-state index contributed by atoms with van der Waals surface area (Å²) in [5, 5.41) is 6.71. The first kappa shape index (κ1) is 16.7. The van der Waals surface area contributed by atoms with Crippen LogP contribution < -0.4 is 15.4 Å². The van der Waals surface area contributed by atoms with Crippen LogP contribution in [0.4, 0.5) is 4.79 Å². The Labute approximate surface area is 147 Å². The van der Waals surface area contributed by atoms with Crippen molar-refractivity contribution in [3.63, 3.8) is 0 Å². The molecule has 0 saturated heterocycles. The lowest BCUT2D eigenvalue weighted by atomic mass is 10.0. The number of halogens is 1. The maximum atomic E-state index is 12.2. The summed E-state index contributed by atoms with van der Waals surface area (Å²) in [5.74, 6) is 1.32. The molecular formula is C19H21ClN2O2. The highest BCUT2D eigenvalue weighted by atomic mass is 35.5. The number of rotatable bonds is 6. The van der Waals surface area contributed by atoms with Gasteiger partial charge in [0.25, 0.3) is 0 Å². The zero-order chi connectivity index (χ0) is 16.9. The minimum Gasteiger partial charge on any atom is -0.497 e. The van der Waals surface area contributed by atoms with Crippen molar-refractivity contribution in [3.05, 3.63) is 64.7 Å². The average Bonchev–Trinajstić information content (AvgIpc) is 3.44. The van der Waals surface area contributed by atoms with E-state index in [1.54, 1.807) is 7.11 Å². The molecule has 0 spiro atoms. The highest BCUT2D eigenvalue weighted by molar-refractivity contribution is 6.30. The zero-order valence-corrected chi connectivity index (χ0v) is 14.3. The third kappa shape index (κ3) is 4.42. The monoisotopic (exact) mass is 344 g/mol. The standard InChI is InChI=1S/C19H21ClN2O2/c1-24-17-10-2-13(3-11-17)12-21-19(23)22-18(14-4-5-14)15-6-8-16(20)9-7-15/h2-3,6-11,14,18H,4-5,12H2,1H3,(H2,21,22,23). The second-order valence-electron chi connectivity index (χ2n) is 6.04. The topological polar surface area (TPSA) is 50.4 Å². The Kier molecular flexibility index (Phi) is 5.26. The van der Waals surface area contributed by atoms with Crippen molar-refractivity contribution in [1.29, 1.82) is 0 Å². The van der Waals surface area contributed by atoms with Crippen molar-refractivity contribution in [1.82, 2.24) is 10.6 Å². The molecule has 1 atom stereocenters. The number of urea groups is 1. The summed E-state index contributed by atoms with van der Waals surface area (Å²) >= 11 is 5.95. The van der Waals surface area contributed by atoms with E-state index < -0.39 is 0 Å². The molecule has 5 heteroatoms. The maximum Gasteiger partial charge on any atom is 0.315 e. The molecule has 1 aliphatic rings. The molecule has 2 aromatic carbocycles. The minimum atomic E-state index is -0.155. The molecule has 126 valence electrons. The second-order valence-corrected chi connectivity index (χ2v) is 6.48. The van der Waals surface area contributed by atoms with Crippen LogP contribution in [0.15, 0.2) is 48.5 Å². The first-order valence-electron chi connectivity index (χ1n) is 8.08. The van der Waals surface area contributed by atoms with Crippen LogP contribution in [0.25, 0.3) is 0 Å². The first-order valence-corrected chi connectivity index (χ1v) is 8.46. The number of ether oxygens (including phenoxy) is 1. The van der Waals surface area contributed by atoms with Gasteiger partial charge < -0.3 is 15.4 Å². The first-order chi connectivity index (χ1) is 11.7. The van der Waals surface area contributed by atoms with Gasteiger partial charge in [0, 0.05) is 11.6 Å². The molecule has 1 fully saturated rings. The molecule has 0 radical (unpaired) electrons. The molecule has 2 N–H and O–H groups in total. The number of carbonyl (C=O) groups excluding carboxylic acids is 1. The Bertz CT molecular complexity index is 682.